The summed E-state index contributed by atoms with van der Waals surface area (Å²) in [6.07, 6.45) is 5.28. The third-order valence-electron chi connectivity index (χ3n) is 5.11. The molecular formula is C20H27FN6O2. The molecule has 1 fully saturated rings. The molecule has 1 aromatic carbocycles. The molecule has 0 aliphatic heterocycles. The predicted molar refractivity (Wildman–Crippen MR) is 110 cm³/mol. The number of halogens is 1. The van der Waals surface area contributed by atoms with Gasteiger partial charge >= 0.3 is 6.03 Å². The second-order valence-corrected chi connectivity index (χ2v) is 7.11. The molecule has 1 saturated carbocycles. The largest absolute Gasteiger partial charge is 0.333 e. The molecule has 29 heavy (non-hydrogen) atoms. The van der Waals surface area contributed by atoms with Gasteiger partial charge in [0.2, 0.25) is 5.95 Å². The average Bonchev–Trinajstić information content (AvgIpc) is 2.73. The van der Waals surface area contributed by atoms with E-state index in [1.165, 1.54) is 6.20 Å². The van der Waals surface area contributed by atoms with Crippen molar-refractivity contribution in [2.45, 2.75) is 44.3 Å². The van der Waals surface area contributed by atoms with Crippen LogP contribution in [0.25, 0.3) is 11.1 Å². The molecule has 2 aromatic rings. The van der Waals surface area contributed by atoms with Crippen molar-refractivity contribution in [1.82, 2.24) is 20.6 Å². The lowest BCUT2D eigenvalue weighted by molar-refractivity contribution is 0.233. The zero-order valence-corrected chi connectivity index (χ0v) is 16.2. The van der Waals surface area contributed by atoms with Crippen LogP contribution in [0, 0.1) is 0 Å². The molecule has 0 radical (unpaired) electrons. The zero-order valence-electron chi connectivity index (χ0n) is 16.2. The lowest BCUT2D eigenvalue weighted by Crippen LogP contribution is -2.53. The number of urea groups is 1. The first-order valence-corrected chi connectivity index (χ1v) is 9.86. The third-order valence-corrected chi connectivity index (χ3v) is 5.11. The molecule has 1 aliphatic carbocycles. The molecule has 2 amide bonds. The van der Waals surface area contributed by atoms with Gasteiger partial charge in [0.1, 0.15) is 6.67 Å². The van der Waals surface area contributed by atoms with Gasteiger partial charge in [-0.1, -0.05) is 37.1 Å². The highest BCUT2D eigenvalue weighted by Gasteiger charge is 2.26. The molecule has 0 bridgehead atoms. The molecule has 156 valence electrons. The summed E-state index contributed by atoms with van der Waals surface area (Å²) >= 11 is 0. The lowest BCUT2D eigenvalue weighted by atomic mass is 9.90. The first-order valence-electron chi connectivity index (χ1n) is 9.86. The Morgan fingerprint density at radius 1 is 1.21 bits per heavy atom. The minimum absolute atomic E-state index is 0.0381. The van der Waals surface area contributed by atoms with Gasteiger partial charge in [-0.15, -0.1) is 0 Å². The van der Waals surface area contributed by atoms with Crippen molar-refractivity contribution in [3.05, 3.63) is 46.4 Å². The Kier molecular flexibility index (Phi) is 7.31. The summed E-state index contributed by atoms with van der Waals surface area (Å²) in [6, 6.07) is 6.81. The number of alkyl halides is 1. The number of hydrogen-bond donors (Lipinski definition) is 5. The molecule has 6 N–H and O–H groups in total. The Hall–Kier alpha value is -2.78. The van der Waals surface area contributed by atoms with E-state index in [1.54, 1.807) is 0 Å². The fourth-order valence-electron chi connectivity index (χ4n) is 3.59. The number of amides is 2. The van der Waals surface area contributed by atoms with Crippen molar-refractivity contribution in [3.8, 4) is 11.1 Å². The van der Waals surface area contributed by atoms with E-state index in [1.807, 2.05) is 24.3 Å². The van der Waals surface area contributed by atoms with Crippen LogP contribution in [0.5, 0.6) is 0 Å². The smallest absolute Gasteiger partial charge is 0.321 e. The van der Waals surface area contributed by atoms with Crippen molar-refractivity contribution in [3.63, 3.8) is 0 Å². The van der Waals surface area contributed by atoms with Gasteiger partial charge in [0.05, 0.1) is 5.56 Å². The van der Waals surface area contributed by atoms with E-state index in [0.717, 1.165) is 36.8 Å². The summed E-state index contributed by atoms with van der Waals surface area (Å²) in [7, 11) is 0. The fourth-order valence-corrected chi connectivity index (χ4v) is 3.59. The van der Waals surface area contributed by atoms with Crippen molar-refractivity contribution < 1.29 is 9.18 Å². The molecule has 1 aromatic heterocycles. The van der Waals surface area contributed by atoms with Crippen LogP contribution in [0.2, 0.25) is 0 Å². The number of carbonyl (C=O) groups is 1. The molecule has 8 nitrogen and oxygen atoms in total. The Labute approximate surface area is 168 Å². The average molecular weight is 402 g/mol. The molecule has 0 spiro atoms. The number of carbonyl (C=O) groups excluding carboxylic acids is 1. The number of anilines is 1. The predicted octanol–water partition coefficient (Wildman–Crippen LogP) is 1.89. The van der Waals surface area contributed by atoms with Crippen LogP contribution in [-0.2, 0) is 6.54 Å². The van der Waals surface area contributed by atoms with E-state index in [0.29, 0.717) is 12.1 Å². The van der Waals surface area contributed by atoms with Crippen LogP contribution in [0.3, 0.4) is 0 Å². The SMILES string of the molecule is NCc1ccc(-c2c[nH]c(NC(=O)NC3CCCC[C@H]3NCCF)nc2=O)cc1. The lowest BCUT2D eigenvalue weighted by Gasteiger charge is -2.32. The van der Waals surface area contributed by atoms with E-state index >= 15 is 0 Å². The van der Waals surface area contributed by atoms with Gasteiger partial charge < -0.3 is 21.4 Å². The number of hydrogen-bond acceptors (Lipinski definition) is 5. The molecule has 1 aliphatic rings. The molecular weight excluding hydrogens is 375 g/mol. The quantitative estimate of drug-likeness (QED) is 0.484. The number of nitrogens with zero attached hydrogens (tertiary/aromatic N) is 1. The Balaban J connectivity index is 1.63. The number of H-pyrrole nitrogens is 1. The highest BCUT2D eigenvalue weighted by Crippen LogP contribution is 2.19. The second-order valence-electron chi connectivity index (χ2n) is 7.11. The van der Waals surface area contributed by atoms with Crippen LogP contribution in [0.15, 0.2) is 35.3 Å². The van der Waals surface area contributed by atoms with Gasteiger partial charge in [-0.3, -0.25) is 10.1 Å². The summed E-state index contributed by atoms with van der Waals surface area (Å²) < 4.78 is 12.4. The summed E-state index contributed by atoms with van der Waals surface area (Å²) in [6.45, 7) is 0.257. The van der Waals surface area contributed by atoms with Crippen molar-refractivity contribution in [2.24, 2.45) is 5.73 Å². The molecule has 2 atom stereocenters. The monoisotopic (exact) mass is 402 g/mol. The number of aromatic amines is 1. The van der Waals surface area contributed by atoms with Gasteiger partial charge in [0, 0.05) is 31.4 Å². The highest BCUT2D eigenvalue weighted by molar-refractivity contribution is 5.87. The minimum atomic E-state index is -0.452. The molecule has 1 heterocycles. The van der Waals surface area contributed by atoms with Crippen LogP contribution in [0.1, 0.15) is 31.2 Å². The fraction of sp³-hybridized carbons (Fsp3) is 0.450. The first kappa shape index (κ1) is 20.9. The molecule has 0 saturated heterocycles. The second kappa shape index (κ2) is 10.1. The summed E-state index contributed by atoms with van der Waals surface area (Å²) in [5, 5.41) is 8.60. The summed E-state index contributed by atoms with van der Waals surface area (Å²) in [5.41, 5.74) is 7.23. The van der Waals surface area contributed by atoms with Crippen LogP contribution in [-0.4, -0.2) is 41.3 Å². The van der Waals surface area contributed by atoms with Crippen LogP contribution < -0.4 is 27.2 Å². The Morgan fingerprint density at radius 3 is 2.59 bits per heavy atom. The normalized spacial score (nSPS) is 19.0. The maximum absolute atomic E-state index is 12.4. The number of benzene rings is 1. The maximum atomic E-state index is 12.4. The summed E-state index contributed by atoms with van der Waals surface area (Å²) in [4.78, 5) is 31.5. The third kappa shape index (κ3) is 5.61. The standard InChI is InChI=1S/C20H27FN6O2/c21-9-10-23-16-3-1-2-4-17(16)25-20(29)27-19-24-12-15(18(28)26-19)14-7-5-13(11-22)6-8-14/h5-8,12,16-17,23H,1-4,9-11,22H2,(H3,24,25,26,27,28,29)/t16-,17?/m1/s1. The molecule has 9 heteroatoms. The van der Waals surface area contributed by atoms with Gasteiger partial charge in [-0.25, -0.2) is 9.18 Å². The van der Waals surface area contributed by atoms with Gasteiger partial charge in [-0.05, 0) is 24.0 Å². The Morgan fingerprint density at radius 2 is 1.93 bits per heavy atom. The van der Waals surface area contributed by atoms with Gasteiger partial charge in [0.25, 0.3) is 5.56 Å². The van der Waals surface area contributed by atoms with E-state index in [9.17, 15) is 14.0 Å². The topological polar surface area (TPSA) is 125 Å². The molecule has 1 unspecified atom stereocenters. The van der Waals surface area contributed by atoms with E-state index in [-0.39, 0.29) is 24.6 Å². The summed E-state index contributed by atoms with van der Waals surface area (Å²) in [5.74, 6) is 0.0684. The van der Waals surface area contributed by atoms with Gasteiger partial charge in [0.15, 0.2) is 0 Å². The number of nitrogens with one attached hydrogen (secondary N) is 4. The number of aromatic nitrogens is 2. The van der Waals surface area contributed by atoms with E-state index < -0.39 is 18.3 Å². The van der Waals surface area contributed by atoms with Crippen molar-refractivity contribution >= 4 is 12.0 Å². The van der Waals surface area contributed by atoms with Crippen molar-refractivity contribution in [1.29, 1.82) is 0 Å². The number of rotatable bonds is 7. The zero-order chi connectivity index (χ0) is 20.6. The Bertz CT molecular complexity index is 870. The van der Waals surface area contributed by atoms with Crippen LogP contribution >= 0.6 is 0 Å². The van der Waals surface area contributed by atoms with Crippen molar-refractivity contribution in [2.75, 3.05) is 18.5 Å². The van der Waals surface area contributed by atoms with Crippen LogP contribution in [0.4, 0.5) is 15.1 Å². The van der Waals surface area contributed by atoms with E-state index in [4.69, 9.17) is 5.73 Å². The van der Waals surface area contributed by atoms with Gasteiger partial charge in [-0.2, -0.15) is 4.98 Å². The highest BCUT2D eigenvalue weighted by atomic mass is 19.1. The molecule has 3 rings (SSSR count). The first-order chi connectivity index (χ1) is 14.1. The number of nitrogens with two attached hydrogens (primary N) is 1. The van der Waals surface area contributed by atoms with E-state index in [2.05, 4.69) is 25.9 Å². The maximum Gasteiger partial charge on any atom is 0.321 e. The minimum Gasteiger partial charge on any atom is -0.333 e.